The third kappa shape index (κ3) is 3.38. The van der Waals surface area contributed by atoms with E-state index in [4.69, 9.17) is 11.6 Å². The Morgan fingerprint density at radius 1 is 1.26 bits per heavy atom. The molecule has 3 aromatic heterocycles. The van der Waals surface area contributed by atoms with Gasteiger partial charge in [-0.05, 0) is 43.2 Å². The van der Waals surface area contributed by atoms with Crippen molar-refractivity contribution in [3.63, 3.8) is 0 Å². The summed E-state index contributed by atoms with van der Waals surface area (Å²) in [5.74, 6) is 0. The number of alkyl halides is 1. The number of pyridine rings is 1. The standard InChI is InChI=1S/C19H15ClN4OS2/c1-11-6-12(2)15(26-9-20)7-14(11)24-10-22-17-16(19(24)25)27-18(23-17)13-4-3-5-21-8-13/h3-8,10H,9H2,1-2H3. The Balaban J connectivity index is 1.88. The van der Waals surface area contributed by atoms with Crippen molar-refractivity contribution in [1.82, 2.24) is 19.5 Å². The molecule has 4 aromatic rings. The van der Waals surface area contributed by atoms with E-state index in [2.05, 4.69) is 21.0 Å². The number of hydrogen-bond donors (Lipinski definition) is 0. The van der Waals surface area contributed by atoms with Crippen molar-refractivity contribution < 1.29 is 0 Å². The number of hydrogen-bond acceptors (Lipinski definition) is 6. The normalized spacial score (nSPS) is 11.2. The van der Waals surface area contributed by atoms with Crippen molar-refractivity contribution >= 4 is 45.0 Å². The summed E-state index contributed by atoms with van der Waals surface area (Å²) in [6, 6.07) is 7.83. The molecule has 0 N–H and O–H groups in total. The summed E-state index contributed by atoms with van der Waals surface area (Å²) in [5, 5.41) is 1.19. The van der Waals surface area contributed by atoms with Crippen LogP contribution in [0, 0.1) is 13.8 Å². The van der Waals surface area contributed by atoms with E-state index in [9.17, 15) is 4.79 Å². The summed E-state index contributed by atoms with van der Waals surface area (Å²) in [6.45, 7) is 4.03. The summed E-state index contributed by atoms with van der Waals surface area (Å²) in [6.07, 6.45) is 4.99. The maximum Gasteiger partial charge on any atom is 0.277 e. The molecule has 4 rings (SSSR count). The molecule has 0 radical (unpaired) electrons. The zero-order valence-corrected chi connectivity index (χ0v) is 17.0. The van der Waals surface area contributed by atoms with Gasteiger partial charge in [-0.25, -0.2) is 9.97 Å². The number of thioether (sulfide) groups is 1. The molecule has 0 saturated carbocycles. The van der Waals surface area contributed by atoms with Crippen LogP contribution in [-0.4, -0.2) is 24.7 Å². The number of rotatable bonds is 4. The predicted molar refractivity (Wildman–Crippen MR) is 112 cm³/mol. The first-order chi connectivity index (χ1) is 13.1. The number of thiazole rings is 1. The highest BCUT2D eigenvalue weighted by molar-refractivity contribution is 8.00. The molecule has 0 spiro atoms. The minimum atomic E-state index is -0.124. The van der Waals surface area contributed by atoms with Crippen molar-refractivity contribution in [3.05, 3.63) is 64.5 Å². The Kier molecular flexibility index (Phi) is 4.99. The molecular formula is C19H15ClN4OS2. The van der Waals surface area contributed by atoms with Gasteiger partial charge in [0.15, 0.2) is 5.65 Å². The lowest BCUT2D eigenvalue weighted by molar-refractivity contribution is 0.943. The fourth-order valence-corrected chi connectivity index (χ4v) is 4.78. The fraction of sp³-hybridized carbons (Fsp3) is 0.158. The van der Waals surface area contributed by atoms with E-state index in [1.807, 2.05) is 32.0 Å². The number of fused-ring (bicyclic) bond motifs is 1. The molecule has 0 saturated heterocycles. The molecule has 136 valence electrons. The van der Waals surface area contributed by atoms with Crippen LogP contribution in [0.25, 0.3) is 26.6 Å². The van der Waals surface area contributed by atoms with E-state index in [1.54, 1.807) is 35.0 Å². The molecule has 0 unspecified atom stereocenters. The van der Waals surface area contributed by atoms with E-state index in [1.165, 1.54) is 11.3 Å². The molecule has 0 atom stereocenters. The van der Waals surface area contributed by atoms with Crippen LogP contribution >= 0.6 is 34.7 Å². The predicted octanol–water partition coefficient (Wildman–Crippen LogP) is 4.81. The monoisotopic (exact) mass is 414 g/mol. The lowest BCUT2D eigenvalue weighted by Crippen LogP contribution is -2.19. The van der Waals surface area contributed by atoms with Crippen LogP contribution in [0.2, 0.25) is 0 Å². The van der Waals surface area contributed by atoms with E-state index in [-0.39, 0.29) is 5.56 Å². The van der Waals surface area contributed by atoms with Gasteiger partial charge < -0.3 is 0 Å². The minimum Gasteiger partial charge on any atom is -0.267 e. The summed E-state index contributed by atoms with van der Waals surface area (Å²) in [5.41, 5.74) is 4.16. The zero-order chi connectivity index (χ0) is 19.0. The Bertz CT molecular complexity index is 1190. The van der Waals surface area contributed by atoms with Gasteiger partial charge in [-0.3, -0.25) is 14.3 Å². The van der Waals surface area contributed by atoms with Crippen LogP contribution in [0.3, 0.4) is 0 Å². The first kappa shape index (κ1) is 18.2. The largest absolute Gasteiger partial charge is 0.277 e. The first-order valence-electron chi connectivity index (χ1n) is 8.17. The van der Waals surface area contributed by atoms with Crippen molar-refractivity contribution in [2.24, 2.45) is 0 Å². The van der Waals surface area contributed by atoms with Crippen LogP contribution in [-0.2, 0) is 0 Å². The molecule has 27 heavy (non-hydrogen) atoms. The fourth-order valence-electron chi connectivity index (χ4n) is 2.89. The summed E-state index contributed by atoms with van der Waals surface area (Å²) in [4.78, 5) is 27.2. The highest BCUT2D eigenvalue weighted by atomic mass is 35.5. The van der Waals surface area contributed by atoms with Gasteiger partial charge in [0, 0.05) is 22.9 Å². The van der Waals surface area contributed by atoms with Crippen molar-refractivity contribution in [1.29, 1.82) is 0 Å². The van der Waals surface area contributed by atoms with E-state index >= 15 is 0 Å². The minimum absolute atomic E-state index is 0.124. The SMILES string of the molecule is Cc1cc(C)c(-n2cnc3nc(-c4cccnc4)sc3c2=O)cc1SCCl. The van der Waals surface area contributed by atoms with Crippen LogP contribution < -0.4 is 5.56 Å². The average molecular weight is 415 g/mol. The molecule has 5 nitrogen and oxygen atoms in total. The van der Waals surface area contributed by atoms with E-state index in [0.717, 1.165) is 32.3 Å². The smallest absolute Gasteiger partial charge is 0.267 e. The maximum absolute atomic E-state index is 13.1. The highest BCUT2D eigenvalue weighted by Gasteiger charge is 2.15. The average Bonchev–Trinajstić information content (AvgIpc) is 3.11. The van der Waals surface area contributed by atoms with E-state index in [0.29, 0.717) is 15.6 Å². The topological polar surface area (TPSA) is 60.7 Å². The van der Waals surface area contributed by atoms with Crippen LogP contribution in [0.5, 0.6) is 0 Å². The zero-order valence-electron chi connectivity index (χ0n) is 14.6. The van der Waals surface area contributed by atoms with Gasteiger partial charge in [0.2, 0.25) is 0 Å². The van der Waals surface area contributed by atoms with Gasteiger partial charge in [-0.2, -0.15) is 0 Å². The number of aryl methyl sites for hydroxylation is 2. The highest BCUT2D eigenvalue weighted by Crippen LogP contribution is 2.29. The molecule has 0 aliphatic carbocycles. The lowest BCUT2D eigenvalue weighted by atomic mass is 10.1. The van der Waals surface area contributed by atoms with Gasteiger partial charge in [-0.1, -0.05) is 6.07 Å². The van der Waals surface area contributed by atoms with Gasteiger partial charge in [0.05, 0.1) is 10.9 Å². The Morgan fingerprint density at radius 2 is 2.11 bits per heavy atom. The number of halogens is 1. The second kappa shape index (κ2) is 7.42. The third-order valence-corrected chi connectivity index (χ3v) is 6.46. The lowest BCUT2D eigenvalue weighted by Gasteiger charge is -2.12. The quantitative estimate of drug-likeness (QED) is 0.354. The molecule has 0 fully saturated rings. The molecule has 0 amide bonds. The van der Waals surface area contributed by atoms with Crippen molar-refractivity contribution in [2.75, 3.05) is 5.21 Å². The number of nitrogens with zero attached hydrogens (tertiary/aromatic N) is 4. The van der Waals surface area contributed by atoms with Gasteiger partial charge in [0.1, 0.15) is 16.0 Å². The Morgan fingerprint density at radius 3 is 2.85 bits per heavy atom. The molecule has 1 aromatic carbocycles. The van der Waals surface area contributed by atoms with Gasteiger partial charge in [-0.15, -0.1) is 34.7 Å². The molecular weight excluding hydrogens is 400 g/mol. The van der Waals surface area contributed by atoms with Crippen LogP contribution in [0.1, 0.15) is 11.1 Å². The van der Waals surface area contributed by atoms with Crippen molar-refractivity contribution in [3.8, 4) is 16.3 Å². The Hall–Kier alpha value is -2.22. The van der Waals surface area contributed by atoms with Crippen molar-refractivity contribution in [2.45, 2.75) is 18.7 Å². The maximum atomic E-state index is 13.1. The third-order valence-electron chi connectivity index (χ3n) is 4.19. The van der Waals surface area contributed by atoms with Crippen LogP contribution in [0.15, 0.2) is 52.7 Å². The summed E-state index contributed by atoms with van der Waals surface area (Å²) in [7, 11) is 0. The molecule has 3 heterocycles. The summed E-state index contributed by atoms with van der Waals surface area (Å²) >= 11 is 8.77. The molecule has 8 heteroatoms. The molecule has 0 aliphatic rings. The number of aromatic nitrogens is 4. The second-order valence-corrected chi connectivity index (χ2v) is 8.59. The molecule has 0 aliphatic heterocycles. The number of benzene rings is 1. The van der Waals surface area contributed by atoms with Crippen LogP contribution in [0.4, 0.5) is 0 Å². The Labute approximate surface area is 169 Å². The molecule has 0 bridgehead atoms. The van der Waals surface area contributed by atoms with Gasteiger partial charge in [0.25, 0.3) is 5.56 Å². The second-order valence-electron chi connectivity index (χ2n) is 5.99. The van der Waals surface area contributed by atoms with E-state index < -0.39 is 0 Å². The first-order valence-corrected chi connectivity index (χ1v) is 10.5. The summed E-state index contributed by atoms with van der Waals surface area (Å²) < 4.78 is 2.11. The van der Waals surface area contributed by atoms with Gasteiger partial charge >= 0.3 is 0 Å².